The van der Waals surface area contributed by atoms with Gasteiger partial charge in [-0.15, -0.1) is 11.3 Å². The largest absolute Gasteiger partial charge is 0.366 e. The SMILES string of the molecule is CCCN1c2cc(C)c(/C=N/NC(=O)CSc3nc4ccccc4s3)cc2C(C)CC1(C)C. The molecule has 1 N–H and O–H groups in total. The summed E-state index contributed by atoms with van der Waals surface area (Å²) < 4.78 is 2.03. The van der Waals surface area contributed by atoms with Crippen molar-refractivity contribution in [1.29, 1.82) is 0 Å². The molecule has 33 heavy (non-hydrogen) atoms. The number of hydrogen-bond donors (Lipinski definition) is 1. The predicted molar refractivity (Wildman–Crippen MR) is 142 cm³/mol. The number of aromatic nitrogens is 1. The Bertz CT molecular complexity index is 1150. The lowest BCUT2D eigenvalue weighted by Crippen LogP contribution is -2.48. The topological polar surface area (TPSA) is 57.6 Å². The van der Waals surface area contributed by atoms with Crippen LogP contribution in [0, 0.1) is 6.92 Å². The van der Waals surface area contributed by atoms with Gasteiger partial charge in [0.15, 0.2) is 4.34 Å². The summed E-state index contributed by atoms with van der Waals surface area (Å²) >= 11 is 3.05. The molecular formula is C26H32N4OS2. The molecule has 0 fully saturated rings. The molecule has 2 aromatic carbocycles. The number of para-hydroxylation sites is 1. The van der Waals surface area contributed by atoms with Gasteiger partial charge in [-0.25, -0.2) is 10.4 Å². The third-order valence-electron chi connectivity index (χ3n) is 6.21. The second-order valence-corrected chi connectivity index (χ2v) is 11.6. The lowest BCUT2D eigenvalue weighted by molar-refractivity contribution is -0.118. The van der Waals surface area contributed by atoms with E-state index in [1.807, 2.05) is 24.3 Å². The summed E-state index contributed by atoms with van der Waals surface area (Å²) in [5.74, 6) is 0.643. The van der Waals surface area contributed by atoms with E-state index in [2.05, 4.69) is 67.2 Å². The Balaban J connectivity index is 1.41. The summed E-state index contributed by atoms with van der Waals surface area (Å²) in [5, 5.41) is 4.25. The average Bonchev–Trinajstić information content (AvgIpc) is 3.19. The zero-order chi connectivity index (χ0) is 23.6. The molecular weight excluding hydrogens is 448 g/mol. The Labute approximate surface area is 204 Å². The van der Waals surface area contributed by atoms with Crippen molar-refractivity contribution >= 4 is 51.1 Å². The zero-order valence-electron chi connectivity index (χ0n) is 20.0. The van der Waals surface area contributed by atoms with Crippen LogP contribution in [0.15, 0.2) is 45.8 Å². The summed E-state index contributed by atoms with van der Waals surface area (Å²) in [6.07, 6.45) is 4.02. The standard InChI is InChI=1S/C26H32N4OS2/c1-6-11-30-22-12-17(2)19(13-20(22)18(3)14-26(30,4)5)15-27-29-24(31)16-32-25-28-21-9-7-8-10-23(21)33-25/h7-10,12-13,15,18H,6,11,14,16H2,1-5H3,(H,29,31)/b27-15+. The monoisotopic (exact) mass is 480 g/mol. The number of thiazole rings is 1. The first-order chi connectivity index (χ1) is 15.8. The average molecular weight is 481 g/mol. The Kier molecular flexibility index (Phi) is 7.10. The Morgan fingerprint density at radius 2 is 2.15 bits per heavy atom. The lowest BCUT2D eigenvalue weighted by Gasteiger charge is -2.48. The van der Waals surface area contributed by atoms with Gasteiger partial charge in [0.1, 0.15) is 0 Å². The van der Waals surface area contributed by atoms with E-state index in [1.54, 1.807) is 17.6 Å². The number of hydrazone groups is 1. The van der Waals surface area contributed by atoms with Gasteiger partial charge < -0.3 is 4.90 Å². The fourth-order valence-electron chi connectivity index (χ4n) is 4.68. The summed E-state index contributed by atoms with van der Waals surface area (Å²) in [4.78, 5) is 19.4. The molecule has 1 aliphatic rings. The first-order valence-corrected chi connectivity index (χ1v) is 13.3. The summed E-state index contributed by atoms with van der Waals surface area (Å²) in [7, 11) is 0. The number of carbonyl (C=O) groups is 1. The Morgan fingerprint density at radius 1 is 1.36 bits per heavy atom. The van der Waals surface area contributed by atoms with Crippen molar-refractivity contribution in [2.75, 3.05) is 17.2 Å². The fourth-order valence-corrected chi connectivity index (χ4v) is 6.54. The second kappa shape index (κ2) is 9.85. The van der Waals surface area contributed by atoms with Crippen molar-refractivity contribution in [2.45, 2.75) is 63.3 Å². The van der Waals surface area contributed by atoms with Crippen LogP contribution in [0.2, 0.25) is 0 Å². The second-order valence-electron chi connectivity index (χ2n) is 9.37. The highest BCUT2D eigenvalue weighted by molar-refractivity contribution is 8.01. The van der Waals surface area contributed by atoms with Crippen molar-refractivity contribution in [3.8, 4) is 0 Å². The first kappa shape index (κ1) is 23.8. The zero-order valence-corrected chi connectivity index (χ0v) is 21.6. The lowest BCUT2D eigenvalue weighted by atomic mass is 9.79. The molecule has 1 aromatic heterocycles. The van der Waals surface area contributed by atoms with Crippen molar-refractivity contribution in [1.82, 2.24) is 10.4 Å². The van der Waals surface area contributed by atoms with Crippen LogP contribution in [0.1, 0.15) is 63.1 Å². The van der Waals surface area contributed by atoms with Gasteiger partial charge in [0, 0.05) is 17.8 Å². The fraction of sp³-hybridized carbons (Fsp3) is 0.423. The molecule has 3 aromatic rings. The molecule has 1 amide bonds. The van der Waals surface area contributed by atoms with Gasteiger partial charge >= 0.3 is 0 Å². The molecule has 2 heterocycles. The van der Waals surface area contributed by atoms with Gasteiger partial charge in [0.05, 0.1) is 22.2 Å². The van der Waals surface area contributed by atoms with Crippen molar-refractivity contribution < 1.29 is 4.79 Å². The Hall–Kier alpha value is -2.38. The van der Waals surface area contributed by atoms with Crippen LogP contribution >= 0.6 is 23.1 Å². The van der Waals surface area contributed by atoms with E-state index in [0.29, 0.717) is 11.7 Å². The van der Waals surface area contributed by atoms with E-state index in [1.165, 1.54) is 28.6 Å². The van der Waals surface area contributed by atoms with E-state index in [0.717, 1.165) is 39.5 Å². The number of aryl methyl sites for hydroxylation is 1. The van der Waals surface area contributed by atoms with Gasteiger partial charge in [0.2, 0.25) is 0 Å². The minimum atomic E-state index is -0.129. The predicted octanol–water partition coefficient (Wildman–Crippen LogP) is 6.35. The van der Waals surface area contributed by atoms with Crippen LogP contribution in [0.3, 0.4) is 0 Å². The minimum absolute atomic E-state index is 0.129. The van der Waals surface area contributed by atoms with Gasteiger partial charge in [-0.1, -0.05) is 37.7 Å². The van der Waals surface area contributed by atoms with Gasteiger partial charge in [-0.2, -0.15) is 5.10 Å². The normalized spacial score (nSPS) is 17.5. The highest BCUT2D eigenvalue weighted by Gasteiger charge is 2.36. The number of nitrogens with zero attached hydrogens (tertiary/aromatic N) is 3. The third-order valence-corrected chi connectivity index (χ3v) is 8.39. The maximum Gasteiger partial charge on any atom is 0.250 e. The summed E-state index contributed by atoms with van der Waals surface area (Å²) in [6.45, 7) is 12.4. The number of anilines is 1. The number of benzene rings is 2. The number of amides is 1. The van der Waals surface area contributed by atoms with E-state index in [4.69, 9.17) is 0 Å². The van der Waals surface area contributed by atoms with Gasteiger partial charge in [0.25, 0.3) is 5.91 Å². The van der Waals surface area contributed by atoms with E-state index in [9.17, 15) is 4.79 Å². The number of nitrogens with one attached hydrogen (secondary N) is 1. The maximum atomic E-state index is 12.3. The third kappa shape index (κ3) is 5.25. The van der Waals surface area contributed by atoms with Crippen LogP contribution in [0.4, 0.5) is 5.69 Å². The molecule has 5 nitrogen and oxygen atoms in total. The van der Waals surface area contributed by atoms with Crippen molar-refractivity contribution in [3.05, 3.63) is 53.1 Å². The number of hydrogen-bond acceptors (Lipinski definition) is 6. The quantitative estimate of drug-likeness (QED) is 0.243. The van der Waals surface area contributed by atoms with Crippen LogP contribution in [-0.4, -0.2) is 34.9 Å². The van der Waals surface area contributed by atoms with Crippen LogP contribution in [0.5, 0.6) is 0 Å². The summed E-state index contributed by atoms with van der Waals surface area (Å²) in [6, 6.07) is 12.6. The molecule has 174 valence electrons. The molecule has 0 saturated carbocycles. The molecule has 0 radical (unpaired) electrons. The van der Waals surface area contributed by atoms with Gasteiger partial charge in [-0.3, -0.25) is 4.79 Å². The van der Waals surface area contributed by atoms with Gasteiger partial charge in [-0.05, 0) is 80.5 Å². The highest BCUT2D eigenvalue weighted by Crippen LogP contribution is 2.44. The van der Waals surface area contributed by atoms with E-state index < -0.39 is 0 Å². The number of rotatable bonds is 7. The molecule has 0 spiro atoms. The van der Waals surface area contributed by atoms with Crippen LogP contribution in [-0.2, 0) is 4.79 Å². The minimum Gasteiger partial charge on any atom is -0.366 e. The first-order valence-electron chi connectivity index (χ1n) is 11.5. The van der Waals surface area contributed by atoms with E-state index in [-0.39, 0.29) is 11.4 Å². The van der Waals surface area contributed by atoms with Crippen molar-refractivity contribution in [3.63, 3.8) is 0 Å². The molecule has 0 bridgehead atoms. The van der Waals surface area contributed by atoms with Crippen LogP contribution in [0.25, 0.3) is 10.2 Å². The number of fused-ring (bicyclic) bond motifs is 2. The molecule has 0 saturated heterocycles. The molecule has 7 heteroatoms. The maximum absolute atomic E-state index is 12.3. The molecule has 1 unspecified atom stereocenters. The van der Waals surface area contributed by atoms with E-state index >= 15 is 0 Å². The number of thioether (sulfide) groups is 1. The number of carbonyl (C=O) groups excluding carboxylic acids is 1. The van der Waals surface area contributed by atoms with Crippen LogP contribution < -0.4 is 10.3 Å². The smallest absolute Gasteiger partial charge is 0.250 e. The Morgan fingerprint density at radius 3 is 2.91 bits per heavy atom. The highest BCUT2D eigenvalue weighted by atomic mass is 32.2. The summed E-state index contributed by atoms with van der Waals surface area (Å²) in [5.41, 5.74) is 8.73. The van der Waals surface area contributed by atoms with Crippen molar-refractivity contribution in [2.24, 2.45) is 5.10 Å². The molecule has 1 aliphatic heterocycles. The molecule has 0 aliphatic carbocycles. The molecule has 1 atom stereocenters. The molecule has 4 rings (SSSR count).